The summed E-state index contributed by atoms with van der Waals surface area (Å²) in [7, 11) is 0. The Hall–Kier alpha value is -1.99. The molecule has 36 heavy (non-hydrogen) atoms. The predicted octanol–water partition coefficient (Wildman–Crippen LogP) is 7.77. The van der Waals surface area contributed by atoms with E-state index in [4.69, 9.17) is 16.3 Å². The number of benzene rings is 2. The predicted molar refractivity (Wildman–Crippen MR) is 133 cm³/mol. The highest BCUT2D eigenvalue weighted by Gasteiger charge is 2.43. The molecule has 0 aromatic heterocycles. The largest absolute Gasteiger partial charge is 0.489 e. The number of piperidine rings is 2. The highest BCUT2D eigenvalue weighted by molar-refractivity contribution is 6.37. The molecule has 2 aliphatic heterocycles. The summed E-state index contributed by atoms with van der Waals surface area (Å²) < 4.78 is 45.0. The normalized spacial score (nSPS) is 30.2. The van der Waals surface area contributed by atoms with Gasteiger partial charge in [0.15, 0.2) is 0 Å². The lowest BCUT2D eigenvalue weighted by Crippen LogP contribution is -2.53. The number of hydrogen-bond donors (Lipinski definition) is 1. The molecule has 2 heterocycles. The molecule has 0 radical (unpaired) electrons. The molecule has 196 valence electrons. The maximum atomic E-state index is 13.0. The van der Waals surface area contributed by atoms with Crippen LogP contribution >= 0.6 is 11.6 Å². The molecular weight excluding hydrogens is 491 g/mol. The second kappa shape index (κ2) is 10.1. The van der Waals surface area contributed by atoms with E-state index in [1.165, 1.54) is 5.56 Å². The van der Waals surface area contributed by atoms with Gasteiger partial charge in [-0.1, -0.05) is 36.2 Å². The van der Waals surface area contributed by atoms with Crippen molar-refractivity contribution in [3.63, 3.8) is 0 Å². The van der Waals surface area contributed by atoms with E-state index < -0.39 is 18.1 Å². The third-order valence-electron chi connectivity index (χ3n) is 8.68. The fourth-order valence-electron chi connectivity index (χ4n) is 6.75. The number of carboxylic acids is 1. The molecule has 0 amide bonds. The molecule has 2 bridgehead atoms. The topological polar surface area (TPSA) is 49.8 Å². The first-order valence-corrected chi connectivity index (χ1v) is 13.5. The van der Waals surface area contributed by atoms with Gasteiger partial charge in [-0.15, -0.1) is 0 Å². The summed E-state index contributed by atoms with van der Waals surface area (Å²) in [5.74, 6) is -1.64. The van der Waals surface area contributed by atoms with Gasteiger partial charge in [0.2, 0.25) is 0 Å². The highest BCUT2D eigenvalue weighted by Crippen LogP contribution is 2.44. The molecule has 1 aliphatic carbocycles. The zero-order valence-corrected chi connectivity index (χ0v) is 21.2. The van der Waals surface area contributed by atoms with Gasteiger partial charge < -0.3 is 9.84 Å². The van der Waals surface area contributed by atoms with Gasteiger partial charge in [-0.25, -0.2) is 0 Å². The first kappa shape index (κ1) is 25.7. The van der Waals surface area contributed by atoms with Crippen molar-refractivity contribution in [1.29, 1.82) is 0 Å². The SMILES string of the molecule is CC(c1ccc2c(Cl)c(O[C@H]3CC[C@@H](C(F)(F)F)CC3)ccc2c1)N1C2CCCC1CC(C(=O)O)C2. The summed E-state index contributed by atoms with van der Waals surface area (Å²) in [6, 6.07) is 10.7. The average molecular weight is 524 g/mol. The number of rotatable bonds is 5. The molecular formula is C28H33ClF3NO3. The van der Waals surface area contributed by atoms with Crippen LogP contribution in [-0.2, 0) is 4.79 Å². The Morgan fingerprint density at radius 1 is 1.06 bits per heavy atom. The summed E-state index contributed by atoms with van der Waals surface area (Å²) in [6.45, 7) is 2.20. The third kappa shape index (κ3) is 5.06. The van der Waals surface area contributed by atoms with Gasteiger partial charge in [0.05, 0.1) is 23.0 Å². The fraction of sp³-hybridized carbons (Fsp3) is 0.607. The number of ether oxygens (including phenoxy) is 1. The molecule has 3 fully saturated rings. The van der Waals surface area contributed by atoms with Crippen LogP contribution in [0.1, 0.15) is 76.3 Å². The molecule has 2 aromatic rings. The standard InChI is InChI=1S/C28H33ClF3NO3/c1-16(33-21-3-2-4-22(33)15-19(14-21)27(34)35)17-5-11-24-18(13-17)6-12-25(26(24)29)36-23-9-7-20(8-10-23)28(30,31)32/h5-6,11-13,16,19-23H,2-4,7-10,14-15H2,1H3,(H,34,35)/t16?,19?,20-,21?,22?,23+. The Bertz CT molecular complexity index is 1100. The lowest BCUT2D eigenvalue weighted by Gasteiger charge is -2.51. The molecule has 1 N–H and O–H groups in total. The zero-order chi connectivity index (χ0) is 25.6. The number of carbonyl (C=O) groups is 1. The van der Waals surface area contributed by atoms with Crippen LogP contribution in [0.2, 0.25) is 5.02 Å². The summed E-state index contributed by atoms with van der Waals surface area (Å²) >= 11 is 6.70. The highest BCUT2D eigenvalue weighted by atomic mass is 35.5. The molecule has 8 heteroatoms. The first-order valence-electron chi connectivity index (χ1n) is 13.1. The number of halogens is 4. The van der Waals surface area contributed by atoms with E-state index in [1.807, 2.05) is 18.2 Å². The number of hydrogen-bond acceptors (Lipinski definition) is 3. The Balaban J connectivity index is 1.31. The Morgan fingerprint density at radius 3 is 2.33 bits per heavy atom. The van der Waals surface area contributed by atoms with Gasteiger partial charge in [-0.05, 0) is 81.4 Å². The van der Waals surface area contributed by atoms with Gasteiger partial charge in [-0.3, -0.25) is 9.69 Å². The van der Waals surface area contributed by atoms with E-state index in [2.05, 4.69) is 24.0 Å². The number of fused-ring (bicyclic) bond motifs is 3. The van der Waals surface area contributed by atoms with Crippen molar-refractivity contribution in [3.8, 4) is 5.75 Å². The van der Waals surface area contributed by atoms with Crippen molar-refractivity contribution >= 4 is 28.3 Å². The molecule has 4 nitrogen and oxygen atoms in total. The Morgan fingerprint density at radius 2 is 1.72 bits per heavy atom. The average Bonchev–Trinajstić information content (AvgIpc) is 2.84. The number of nitrogens with zero attached hydrogens (tertiary/aromatic N) is 1. The summed E-state index contributed by atoms with van der Waals surface area (Å²) in [4.78, 5) is 14.2. The zero-order valence-electron chi connectivity index (χ0n) is 20.4. The van der Waals surface area contributed by atoms with E-state index in [0.29, 0.717) is 36.5 Å². The van der Waals surface area contributed by atoms with Crippen LogP contribution in [0.15, 0.2) is 30.3 Å². The monoisotopic (exact) mass is 523 g/mol. The van der Waals surface area contributed by atoms with Crippen LogP contribution in [0.3, 0.4) is 0 Å². The first-order chi connectivity index (χ1) is 17.1. The molecule has 3 atom stereocenters. The van der Waals surface area contributed by atoms with E-state index in [1.54, 1.807) is 0 Å². The quantitative estimate of drug-likeness (QED) is 0.435. The second-order valence-corrected chi connectivity index (χ2v) is 11.2. The Labute approximate surface area is 214 Å². The van der Waals surface area contributed by atoms with Crippen molar-refractivity contribution in [1.82, 2.24) is 4.90 Å². The molecule has 3 aliphatic rings. The van der Waals surface area contributed by atoms with E-state index in [-0.39, 0.29) is 43.0 Å². The van der Waals surface area contributed by atoms with Crippen molar-refractivity contribution in [2.75, 3.05) is 0 Å². The molecule has 5 rings (SSSR count). The van der Waals surface area contributed by atoms with Crippen molar-refractivity contribution in [2.24, 2.45) is 11.8 Å². The maximum absolute atomic E-state index is 13.0. The van der Waals surface area contributed by atoms with E-state index in [9.17, 15) is 23.1 Å². The lowest BCUT2D eigenvalue weighted by molar-refractivity contribution is -0.185. The van der Waals surface area contributed by atoms with E-state index >= 15 is 0 Å². The smallest absolute Gasteiger partial charge is 0.391 e. The minimum atomic E-state index is -4.13. The van der Waals surface area contributed by atoms with E-state index in [0.717, 1.165) is 30.0 Å². The Kier molecular flexibility index (Phi) is 7.16. The second-order valence-electron chi connectivity index (χ2n) is 10.9. The summed E-state index contributed by atoms with van der Waals surface area (Å²) in [5, 5.41) is 11.9. The van der Waals surface area contributed by atoms with Gasteiger partial charge in [0.1, 0.15) is 5.75 Å². The van der Waals surface area contributed by atoms with Crippen molar-refractivity contribution in [2.45, 2.75) is 95.1 Å². The third-order valence-corrected chi connectivity index (χ3v) is 9.07. The minimum Gasteiger partial charge on any atom is -0.489 e. The summed E-state index contributed by atoms with van der Waals surface area (Å²) in [6.07, 6.45) is 1.17. The molecule has 0 spiro atoms. The molecule has 2 aromatic carbocycles. The molecule has 3 unspecified atom stereocenters. The number of alkyl halides is 3. The van der Waals surface area contributed by atoms with Crippen LogP contribution in [-0.4, -0.2) is 40.3 Å². The maximum Gasteiger partial charge on any atom is 0.391 e. The van der Waals surface area contributed by atoms with Crippen molar-refractivity contribution < 1.29 is 27.8 Å². The minimum absolute atomic E-state index is 0.0896. The van der Waals surface area contributed by atoms with Gasteiger partial charge >= 0.3 is 12.1 Å². The van der Waals surface area contributed by atoms with Gasteiger partial charge in [0, 0.05) is 23.5 Å². The molecule has 1 saturated carbocycles. The number of carboxylic acid groups (broad SMARTS) is 1. The van der Waals surface area contributed by atoms with Gasteiger partial charge in [-0.2, -0.15) is 13.2 Å². The van der Waals surface area contributed by atoms with Crippen LogP contribution < -0.4 is 4.74 Å². The van der Waals surface area contributed by atoms with Gasteiger partial charge in [0.25, 0.3) is 0 Å². The molecule has 2 saturated heterocycles. The summed E-state index contributed by atoms with van der Waals surface area (Å²) in [5.41, 5.74) is 1.17. The van der Waals surface area contributed by atoms with Crippen LogP contribution in [0.25, 0.3) is 10.8 Å². The van der Waals surface area contributed by atoms with Crippen LogP contribution in [0, 0.1) is 11.8 Å². The lowest BCUT2D eigenvalue weighted by atomic mass is 9.77. The fourth-order valence-corrected chi connectivity index (χ4v) is 7.03. The van der Waals surface area contributed by atoms with Crippen LogP contribution in [0.4, 0.5) is 13.2 Å². The number of aliphatic carboxylic acids is 1. The van der Waals surface area contributed by atoms with Crippen LogP contribution in [0.5, 0.6) is 5.75 Å². The van der Waals surface area contributed by atoms with Crippen molar-refractivity contribution in [3.05, 3.63) is 40.9 Å².